The summed E-state index contributed by atoms with van der Waals surface area (Å²) in [5.74, 6) is -1.54. The van der Waals surface area contributed by atoms with Gasteiger partial charge in [-0.25, -0.2) is 4.57 Å². The summed E-state index contributed by atoms with van der Waals surface area (Å²) in [6, 6.07) is 0. The molecule has 1 saturated carbocycles. The lowest BCUT2D eigenvalue weighted by Crippen LogP contribution is -2.29. The zero-order chi connectivity index (χ0) is 40.6. The van der Waals surface area contributed by atoms with E-state index < -0.39 is 50.8 Å². The Bertz CT molecular complexity index is 1190. The van der Waals surface area contributed by atoms with Gasteiger partial charge in [0, 0.05) is 25.2 Å². The number of carbonyl (C=O) groups excluding carboxylic acids is 2. The molecule has 0 aliphatic heterocycles. The van der Waals surface area contributed by atoms with Crippen LogP contribution in [0.25, 0.3) is 0 Å². The van der Waals surface area contributed by atoms with Crippen LogP contribution in [0.2, 0.25) is 0 Å². The van der Waals surface area contributed by atoms with Crippen LogP contribution in [0.5, 0.6) is 0 Å². The van der Waals surface area contributed by atoms with Crippen LogP contribution in [-0.4, -0.2) is 74.7 Å². The molecule has 0 bridgehead atoms. The highest BCUT2D eigenvalue weighted by atomic mass is 31.2. The number of phosphoric ester groups is 1. The molecule has 1 aliphatic rings. The van der Waals surface area contributed by atoms with Gasteiger partial charge in [0.2, 0.25) is 0 Å². The van der Waals surface area contributed by atoms with Gasteiger partial charge in [0.1, 0.15) is 6.61 Å². The van der Waals surface area contributed by atoms with Crippen LogP contribution in [0.3, 0.4) is 0 Å². The maximum Gasteiger partial charge on any atom is 0.469 e. The van der Waals surface area contributed by atoms with Crippen molar-refractivity contribution in [3.63, 3.8) is 0 Å². The molecule has 1 fully saturated rings. The number of aliphatic hydroxyl groups excluding tert-OH is 3. The quantitative estimate of drug-likeness (QED) is 0.0185. The summed E-state index contributed by atoms with van der Waals surface area (Å²) in [6.07, 6.45) is 34.6. The first-order valence-electron chi connectivity index (χ1n) is 20.8. The van der Waals surface area contributed by atoms with Crippen LogP contribution in [0, 0.1) is 11.8 Å². The minimum absolute atomic E-state index is 0.0273. The van der Waals surface area contributed by atoms with Gasteiger partial charge in [-0.3, -0.25) is 14.1 Å². The van der Waals surface area contributed by atoms with E-state index in [2.05, 4.69) is 54.8 Å². The molecule has 5 N–H and O–H groups in total. The number of rotatable bonds is 33. The van der Waals surface area contributed by atoms with E-state index in [9.17, 15) is 29.5 Å². The molecule has 0 amide bonds. The third-order valence-corrected chi connectivity index (χ3v) is 10.1. The Labute approximate surface area is 331 Å². The lowest BCUT2D eigenvalue weighted by molar-refractivity contribution is -0.161. The lowest BCUT2D eigenvalue weighted by Gasteiger charge is -2.19. The van der Waals surface area contributed by atoms with Gasteiger partial charge in [0.25, 0.3) is 0 Å². The highest BCUT2D eigenvalue weighted by Gasteiger charge is 2.39. The van der Waals surface area contributed by atoms with Crippen LogP contribution >= 0.6 is 7.82 Å². The molecule has 0 radical (unpaired) electrons. The average molecular weight is 797 g/mol. The van der Waals surface area contributed by atoms with Crippen molar-refractivity contribution in [2.75, 3.05) is 13.2 Å². The first kappa shape index (κ1) is 50.6. The molecule has 316 valence electrons. The van der Waals surface area contributed by atoms with Gasteiger partial charge in [0.15, 0.2) is 6.10 Å². The Kier molecular flexibility index (Phi) is 30.1. The molecule has 0 aromatic heterocycles. The Morgan fingerprint density at radius 2 is 1.29 bits per heavy atom. The second kappa shape index (κ2) is 32.7. The summed E-state index contributed by atoms with van der Waals surface area (Å²) < 4.78 is 26.3. The van der Waals surface area contributed by atoms with Crippen LogP contribution in [0.15, 0.2) is 60.8 Å². The third kappa shape index (κ3) is 28.6. The van der Waals surface area contributed by atoms with Crippen molar-refractivity contribution in [2.24, 2.45) is 11.8 Å². The predicted molar refractivity (Wildman–Crippen MR) is 218 cm³/mol. The van der Waals surface area contributed by atoms with E-state index in [1.807, 2.05) is 18.2 Å². The first-order valence-corrected chi connectivity index (χ1v) is 22.4. The third-order valence-electron chi connectivity index (χ3n) is 9.58. The monoisotopic (exact) mass is 796 g/mol. The first-order chi connectivity index (χ1) is 26.5. The topological polar surface area (TPSA) is 180 Å². The van der Waals surface area contributed by atoms with E-state index in [1.165, 1.54) is 19.3 Å². The molecule has 6 atom stereocenters. The Morgan fingerprint density at radius 3 is 1.96 bits per heavy atom. The summed E-state index contributed by atoms with van der Waals surface area (Å²) >= 11 is 0. The van der Waals surface area contributed by atoms with E-state index in [1.54, 1.807) is 6.08 Å². The molecule has 12 heteroatoms. The fourth-order valence-electron chi connectivity index (χ4n) is 6.37. The number of aliphatic hydroxyl groups is 3. The molecule has 0 spiro atoms. The molecular weight excluding hydrogens is 723 g/mol. The number of allylic oxidation sites excluding steroid dienone is 8. The summed E-state index contributed by atoms with van der Waals surface area (Å²) in [7, 11) is -4.83. The summed E-state index contributed by atoms with van der Waals surface area (Å²) in [5.41, 5.74) is 0. The zero-order valence-electron chi connectivity index (χ0n) is 33.6. The Hall–Kier alpha value is -2.37. The highest BCUT2D eigenvalue weighted by Crippen LogP contribution is 2.37. The molecule has 0 heterocycles. The van der Waals surface area contributed by atoms with Crippen molar-refractivity contribution in [3.8, 4) is 0 Å². The summed E-state index contributed by atoms with van der Waals surface area (Å²) in [5, 5.41) is 31.2. The van der Waals surface area contributed by atoms with Gasteiger partial charge < -0.3 is 34.6 Å². The molecule has 55 heavy (non-hydrogen) atoms. The summed E-state index contributed by atoms with van der Waals surface area (Å²) in [6.45, 7) is 3.32. The van der Waals surface area contributed by atoms with Crippen molar-refractivity contribution >= 4 is 19.8 Å². The smallest absolute Gasteiger partial charge is 0.462 e. The van der Waals surface area contributed by atoms with Crippen molar-refractivity contribution in [1.29, 1.82) is 0 Å². The molecule has 0 aromatic rings. The van der Waals surface area contributed by atoms with Gasteiger partial charge in [-0.05, 0) is 76.5 Å². The normalized spacial score (nSPS) is 20.5. The van der Waals surface area contributed by atoms with E-state index in [0.29, 0.717) is 32.1 Å². The summed E-state index contributed by atoms with van der Waals surface area (Å²) in [4.78, 5) is 43.0. The minimum Gasteiger partial charge on any atom is -0.462 e. The predicted octanol–water partition coefficient (Wildman–Crippen LogP) is 8.89. The van der Waals surface area contributed by atoms with Gasteiger partial charge >= 0.3 is 19.8 Å². The van der Waals surface area contributed by atoms with Gasteiger partial charge in [-0.1, -0.05) is 120 Å². The van der Waals surface area contributed by atoms with E-state index >= 15 is 0 Å². The fourth-order valence-corrected chi connectivity index (χ4v) is 6.73. The van der Waals surface area contributed by atoms with Crippen LogP contribution in [0.4, 0.5) is 0 Å². The average Bonchev–Trinajstić information content (AvgIpc) is 3.41. The van der Waals surface area contributed by atoms with Crippen LogP contribution < -0.4 is 0 Å². The lowest BCUT2D eigenvalue weighted by atomic mass is 9.89. The molecule has 1 aliphatic carbocycles. The van der Waals surface area contributed by atoms with E-state index in [4.69, 9.17) is 19.3 Å². The number of phosphoric acid groups is 1. The van der Waals surface area contributed by atoms with Crippen molar-refractivity contribution in [2.45, 2.75) is 173 Å². The standard InChI is InChI=1S/C43H73O11P/c1-3-5-7-8-9-10-11-12-13-14-15-16-17-18-19-20-25-29-42(47)52-34-37(35-53-55(49,50)51)54-43(48)30-26-22-21-24-28-38-39(41(46)33-40(38)45)32-31-36(44)27-23-6-4-2/h9-10,12-13,15-16,21,24,31-32,36-41,44-46H,3-8,11,14,17-20,22-23,25-30,33-35H2,1-2H3,(H2,49,50,51)/b10-9-,13-12-,16-15-,24-21+,32-31+/t36-,37+,38+,39+,40-,41+/m0/s1. The molecule has 0 unspecified atom stereocenters. The SMILES string of the molecule is CCCCC/C=C\C/C=C\C/C=C\CCCCCCC(=O)OC[C@H](COP(=O)(O)O)OC(=O)CCC/C=C/C[C@@H]1[C@@H](/C=C/[C@@H](O)CCCCC)[C@H](O)C[C@@H]1O. The van der Waals surface area contributed by atoms with Gasteiger partial charge in [-0.15, -0.1) is 0 Å². The second-order valence-electron chi connectivity index (χ2n) is 14.6. The zero-order valence-corrected chi connectivity index (χ0v) is 34.5. The number of esters is 2. The number of carbonyl (C=O) groups is 2. The van der Waals surface area contributed by atoms with Gasteiger partial charge in [0.05, 0.1) is 24.9 Å². The number of ether oxygens (including phenoxy) is 2. The molecule has 0 saturated heterocycles. The highest BCUT2D eigenvalue weighted by molar-refractivity contribution is 7.46. The van der Waals surface area contributed by atoms with Crippen LogP contribution in [-0.2, 0) is 28.2 Å². The van der Waals surface area contributed by atoms with Crippen molar-refractivity contribution < 1.29 is 53.3 Å². The van der Waals surface area contributed by atoms with E-state index in [0.717, 1.165) is 64.2 Å². The maximum absolute atomic E-state index is 12.5. The number of unbranched alkanes of at least 4 members (excludes halogenated alkanes) is 10. The largest absolute Gasteiger partial charge is 0.469 e. The molecule has 11 nitrogen and oxygen atoms in total. The molecular formula is C43H73O11P. The Balaban J connectivity index is 2.32. The Morgan fingerprint density at radius 1 is 0.709 bits per heavy atom. The van der Waals surface area contributed by atoms with Gasteiger partial charge in [-0.2, -0.15) is 0 Å². The number of hydrogen-bond donors (Lipinski definition) is 5. The fraction of sp³-hybridized carbons (Fsp3) is 0.721. The van der Waals surface area contributed by atoms with E-state index in [-0.39, 0.29) is 37.7 Å². The van der Waals surface area contributed by atoms with Crippen molar-refractivity contribution in [3.05, 3.63) is 60.8 Å². The minimum atomic E-state index is -4.83. The second-order valence-corrected chi connectivity index (χ2v) is 15.8. The van der Waals surface area contributed by atoms with Crippen LogP contribution in [0.1, 0.15) is 149 Å². The number of hydrogen-bond acceptors (Lipinski definition) is 9. The molecule has 1 rings (SSSR count). The maximum atomic E-state index is 12.5. The van der Waals surface area contributed by atoms with Crippen molar-refractivity contribution in [1.82, 2.24) is 0 Å². The molecule has 0 aromatic carbocycles.